The minimum absolute atomic E-state index is 0.0762. The van der Waals surface area contributed by atoms with Crippen LogP contribution in [-0.4, -0.2) is 6.54 Å². The topological polar surface area (TPSA) is 35.2 Å². The average Bonchev–Trinajstić information content (AvgIpc) is 2.78. The van der Waals surface area contributed by atoms with Crippen molar-refractivity contribution in [2.75, 3.05) is 6.54 Å². The van der Waals surface area contributed by atoms with E-state index in [1.165, 1.54) is 11.3 Å². The molecule has 2 rings (SSSR count). The maximum absolute atomic E-state index is 5.90. The number of nitrogens with two attached hydrogens (primary N) is 1. The highest BCUT2D eigenvalue weighted by Gasteiger charge is 2.12. The molecule has 2 nitrogen and oxygen atoms in total. The zero-order valence-corrected chi connectivity index (χ0v) is 10.9. The van der Waals surface area contributed by atoms with Gasteiger partial charge in [-0.15, -0.1) is 11.3 Å². The van der Waals surface area contributed by atoms with E-state index in [0.29, 0.717) is 13.2 Å². The molecule has 1 heterocycles. The van der Waals surface area contributed by atoms with Crippen LogP contribution in [-0.2, 0) is 11.3 Å². The molecule has 2 aromatic rings. The van der Waals surface area contributed by atoms with E-state index in [2.05, 4.69) is 0 Å². The number of rotatable bonds is 5. The van der Waals surface area contributed by atoms with E-state index in [4.69, 9.17) is 22.1 Å². The Bertz CT molecular complexity index is 457. The molecule has 0 aliphatic carbocycles. The van der Waals surface area contributed by atoms with E-state index >= 15 is 0 Å². The summed E-state index contributed by atoms with van der Waals surface area (Å²) >= 11 is 7.42. The maximum atomic E-state index is 5.90. The van der Waals surface area contributed by atoms with Crippen molar-refractivity contribution < 1.29 is 4.74 Å². The fourth-order valence-corrected chi connectivity index (χ4v) is 2.66. The minimum Gasteiger partial charge on any atom is -0.367 e. The zero-order valence-electron chi connectivity index (χ0n) is 9.30. The van der Waals surface area contributed by atoms with E-state index in [1.54, 1.807) is 0 Å². The molecule has 1 aromatic carbocycles. The third kappa shape index (κ3) is 3.54. The zero-order chi connectivity index (χ0) is 12.1. The van der Waals surface area contributed by atoms with Crippen LogP contribution in [0.2, 0.25) is 4.34 Å². The lowest BCUT2D eigenvalue weighted by Crippen LogP contribution is -2.14. The highest BCUT2D eigenvalue weighted by Crippen LogP contribution is 2.29. The number of hydrogen-bond donors (Lipinski definition) is 1. The van der Waals surface area contributed by atoms with E-state index in [9.17, 15) is 0 Å². The molecular formula is C13H14ClNOS. The summed E-state index contributed by atoms with van der Waals surface area (Å²) in [5, 5.41) is 0. The van der Waals surface area contributed by atoms with Crippen molar-refractivity contribution >= 4 is 22.9 Å². The first kappa shape index (κ1) is 12.6. The summed E-state index contributed by atoms with van der Waals surface area (Å²) in [6.45, 7) is 1.03. The predicted molar refractivity (Wildman–Crippen MR) is 72.4 cm³/mol. The summed E-state index contributed by atoms with van der Waals surface area (Å²) in [7, 11) is 0. The Morgan fingerprint density at radius 3 is 2.53 bits per heavy atom. The number of hydrogen-bond acceptors (Lipinski definition) is 3. The van der Waals surface area contributed by atoms with Crippen molar-refractivity contribution in [2.24, 2.45) is 5.73 Å². The standard InChI is InChI=1S/C13H14ClNOS/c14-13-7-6-12(17-13)11(8-15)16-9-10-4-2-1-3-5-10/h1-7,11H,8-9,15H2. The SMILES string of the molecule is NCC(OCc1ccccc1)c1ccc(Cl)s1. The number of benzene rings is 1. The van der Waals surface area contributed by atoms with E-state index < -0.39 is 0 Å². The molecule has 4 heteroatoms. The van der Waals surface area contributed by atoms with Gasteiger partial charge in [0.25, 0.3) is 0 Å². The van der Waals surface area contributed by atoms with Gasteiger partial charge < -0.3 is 10.5 Å². The highest BCUT2D eigenvalue weighted by molar-refractivity contribution is 7.16. The van der Waals surface area contributed by atoms with Crippen molar-refractivity contribution in [3.8, 4) is 0 Å². The van der Waals surface area contributed by atoms with Gasteiger partial charge in [-0.05, 0) is 17.7 Å². The van der Waals surface area contributed by atoms with E-state index in [1.807, 2.05) is 42.5 Å². The van der Waals surface area contributed by atoms with Crippen molar-refractivity contribution in [3.63, 3.8) is 0 Å². The molecule has 1 atom stereocenters. The summed E-state index contributed by atoms with van der Waals surface area (Å²) in [6.07, 6.45) is -0.0762. The van der Waals surface area contributed by atoms with Crippen LogP contribution in [0, 0.1) is 0 Å². The fourth-order valence-electron chi connectivity index (χ4n) is 1.54. The molecule has 0 amide bonds. The molecule has 2 N–H and O–H groups in total. The van der Waals surface area contributed by atoms with Crippen LogP contribution in [0.3, 0.4) is 0 Å². The van der Waals surface area contributed by atoms with Gasteiger partial charge in [0, 0.05) is 11.4 Å². The molecule has 17 heavy (non-hydrogen) atoms. The van der Waals surface area contributed by atoms with Gasteiger partial charge in [-0.1, -0.05) is 41.9 Å². The Kier molecular flexibility index (Phi) is 4.57. The van der Waals surface area contributed by atoms with Crippen LogP contribution in [0.4, 0.5) is 0 Å². The molecule has 90 valence electrons. The van der Waals surface area contributed by atoms with Gasteiger partial charge in [-0.25, -0.2) is 0 Å². The third-order valence-electron chi connectivity index (χ3n) is 2.42. The first-order valence-electron chi connectivity index (χ1n) is 5.40. The van der Waals surface area contributed by atoms with Crippen LogP contribution in [0.5, 0.6) is 0 Å². The molecular weight excluding hydrogens is 254 g/mol. The summed E-state index contributed by atoms with van der Waals surface area (Å²) < 4.78 is 6.57. The molecule has 0 fully saturated rings. The van der Waals surface area contributed by atoms with Crippen LogP contribution < -0.4 is 5.73 Å². The van der Waals surface area contributed by atoms with E-state index in [-0.39, 0.29) is 6.10 Å². The van der Waals surface area contributed by atoms with Crippen molar-refractivity contribution in [2.45, 2.75) is 12.7 Å². The predicted octanol–water partition coefficient (Wildman–Crippen LogP) is 3.62. The van der Waals surface area contributed by atoms with Crippen molar-refractivity contribution in [1.82, 2.24) is 0 Å². The van der Waals surface area contributed by atoms with E-state index in [0.717, 1.165) is 14.8 Å². The van der Waals surface area contributed by atoms with Gasteiger partial charge in [0.2, 0.25) is 0 Å². The second-order valence-corrected chi connectivity index (χ2v) is 5.41. The molecule has 0 radical (unpaired) electrons. The third-order valence-corrected chi connectivity index (χ3v) is 3.74. The lowest BCUT2D eigenvalue weighted by molar-refractivity contribution is 0.0480. The first-order valence-corrected chi connectivity index (χ1v) is 6.60. The first-order chi connectivity index (χ1) is 8.29. The minimum atomic E-state index is -0.0762. The quantitative estimate of drug-likeness (QED) is 0.898. The lowest BCUT2D eigenvalue weighted by atomic mass is 10.2. The molecule has 0 aliphatic rings. The highest BCUT2D eigenvalue weighted by atomic mass is 35.5. The largest absolute Gasteiger partial charge is 0.367 e. The maximum Gasteiger partial charge on any atom is 0.104 e. The summed E-state index contributed by atoms with van der Waals surface area (Å²) in [5.74, 6) is 0. The molecule has 0 spiro atoms. The Balaban J connectivity index is 1.97. The van der Waals surface area contributed by atoms with Crippen LogP contribution >= 0.6 is 22.9 Å². The van der Waals surface area contributed by atoms with Gasteiger partial charge >= 0.3 is 0 Å². The van der Waals surface area contributed by atoms with Crippen molar-refractivity contribution in [1.29, 1.82) is 0 Å². The summed E-state index contributed by atoms with van der Waals surface area (Å²) in [4.78, 5) is 1.08. The van der Waals surface area contributed by atoms with Gasteiger partial charge in [-0.2, -0.15) is 0 Å². The Labute approximate surface area is 110 Å². The fraction of sp³-hybridized carbons (Fsp3) is 0.231. The molecule has 0 saturated heterocycles. The Morgan fingerprint density at radius 2 is 1.94 bits per heavy atom. The number of halogens is 1. The number of ether oxygens (including phenoxy) is 1. The van der Waals surface area contributed by atoms with Gasteiger partial charge in [0.05, 0.1) is 10.9 Å². The molecule has 0 saturated carbocycles. The summed E-state index contributed by atoms with van der Waals surface area (Å²) in [6, 6.07) is 13.9. The van der Waals surface area contributed by atoms with Crippen LogP contribution in [0.1, 0.15) is 16.5 Å². The second kappa shape index (κ2) is 6.17. The Morgan fingerprint density at radius 1 is 1.18 bits per heavy atom. The summed E-state index contributed by atoms with van der Waals surface area (Å²) in [5.41, 5.74) is 6.86. The van der Waals surface area contributed by atoms with Crippen molar-refractivity contribution in [3.05, 3.63) is 57.2 Å². The van der Waals surface area contributed by atoms with Gasteiger partial charge in [0.1, 0.15) is 6.10 Å². The Hall–Kier alpha value is -0.870. The second-order valence-electron chi connectivity index (χ2n) is 3.66. The monoisotopic (exact) mass is 267 g/mol. The number of thiophene rings is 1. The normalized spacial score (nSPS) is 12.6. The van der Waals surface area contributed by atoms with Gasteiger partial charge in [-0.3, -0.25) is 0 Å². The molecule has 1 aromatic heterocycles. The lowest BCUT2D eigenvalue weighted by Gasteiger charge is -2.14. The smallest absolute Gasteiger partial charge is 0.104 e. The van der Waals surface area contributed by atoms with Crippen LogP contribution in [0.25, 0.3) is 0 Å². The average molecular weight is 268 g/mol. The van der Waals surface area contributed by atoms with Gasteiger partial charge in [0.15, 0.2) is 0 Å². The molecule has 0 bridgehead atoms. The van der Waals surface area contributed by atoms with Crippen LogP contribution in [0.15, 0.2) is 42.5 Å². The molecule has 1 unspecified atom stereocenters. The molecule has 0 aliphatic heterocycles.